The predicted molar refractivity (Wildman–Crippen MR) is 60.6 cm³/mol. The maximum atomic E-state index is 13.4. The minimum atomic E-state index is -0.854. The van der Waals surface area contributed by atoms with Crippen LogP contribution in [0.2, 0.25) is 0 Å². The topological polar surface area (TPSA) is 43.7 Å². The standard InChI is InChI=1S/C12H18FNO2/c1-2-14(7-8-15)9-12(16)10-5-3-4-6-11(10)13/h3-6,12,15-16H,2,7-9H2,1H3. The lowest BCUT2D eigenvalue weighted by Gasteiger charge is -2.22. The van der Waals surface area contributed by atoms with Gasteiger partial charge in [0.05, 0.1) is 12.7 Å². The molecule has 1 aromatic carbocycles. The van der Waals surface area contributed by atoms with Gasteiger partial charge in [0.15, 0.2) is 0 Å². The number of aliphatic hydroxyl groups excluding tert-OH is 2. The van der Waals surface area contributed by atoms with Crippen LogP contribution >= 0.6 is 0 Å². The van der Waals surface area contributed by atoms with Crippen molar-refractivity contribution < 1.29 is 14.6 Å². The van der Waals surface area contributed by atoms with Gasteiger partial charge in [-0.15, -0.1) is 0 Å². The second-order valence-corrected chi connectivity index (χ2v) is 3.65. The van der Waals surface area contributed by atoms with Crippen molar-refractivity contribution in [3.05, 3.63) is 35.6 Å². The molecule has 0 aliphatic carbocycles. The molecule has 4 heteroatoms. The molecule has 1 aromatic rings. The normalized spacial score (nSPS) is 13.1. The van der Waals surface area contributed by atoms with Crippen LogP contribution in [0.1, 0.15) is 18.6 Å². The fraction of sp³-hybridized carbons (Fsp3) is 0.500. The lowest BCUT2D eigenvalue weighted by Crippen LogP contribution is -2.31. The third-order valence-electron chi connectivity index (χ3n) is 2.56. The Morgan fingerprint density at radius 1 is 1.38 bits per heavy atom. The number of hydrogen-bond acceptors (Lipinski definition) is 3. The van der Waals surface area contributed by atoms with Gasteiger partial charge in [-0.1, -0.05) is 25.1 Å². The molecule has 0 bridgehead atoms. The van der Waals surface area contributed by atoms with E-state index in [4.69, 9.17) is 5.11 Å². The molecule has 1 atom stereocenters. The molecule has 0 aromatic heterocycles. The van der Waals surface area contributed by atoms with Gasteiger partial charge in [-0.25, -0.2) is 4.39 Å². The first-order chi connectivity index (χ1) is 7.69. The fourth-order valence-corrected chi connectivity index (χ4v) is 1.61. The zero-order valence-corrected chi connectivity index (χ0v) is 9.43. The van der Waals surface area contributed by atoms with Crippen molar-refractivity contribution in [1.82, 2.24) is 4.90 Å². The minimum Gasteiger partial charge on any atom is -0.395 e. The van der Waals surface area contributed by atoms with Gasteiger partial charge in [0.25, 0.3) is 0 Å². The molecule has 0 aliphatic rings. The van der Waals surface area contributed by atoms with E-state index >= 15 is 0 Å². The van der Waals surface area contributed by atoms with Crippen molar-refractivity contribution in [1.29, 1.82) is 0 Å². The smallest absolute Gasteiger partial charge is 0.129 e. The van der Waals surface area contributed by atoms with Gasteiger partial charge in [-0.2, -0.15) is 0 Å². The number of benzene rings is 1. The molecule has 0 spiro atoms. The van der Waals surface area contributed by atoms with Gasteiger partial charge in [-0.3, -0.25) is 4.90 Å². The van der Waals surface area contributed by atoms with Crippen molar-refractivity contribution >= 4 is 0 Å². The summed E-state index contributed by atoms with van der Waals surface area (Å²) in [6.45, 7) is 3.51. The SMILES string of the molecule is CCN(CCO)CC(O)c1ccccc1F. The maximum absolute atomic E-state index is 13.4. The predicted octanol–water partition coefficient (Wildman–Crippen LogP) is 1.17. The highest BCUT2D eigenvalue weighted by molar-refractivity contribution is 5.19. The van der Waals surface area contributed by atoms with Crippen LogP contribution in [0, 0.1) is 5.82 Å². The van der Waals surface area contributed by atoms with E-state index in [1.165, 1.54) is 6.07 Å². The Hall–Kier alpha value is -0.970. The minimum absolute atomic E-state index is 0.0395. The number of aliphatic hydroxyl groups is 2. The Balaban J connectivity index is 2.64. The summed E-state index contributed by atoms with van der Waals surface area (Å²) in [6, 6.07) is 6.20. The Morgan fingerprint density at radius 3 is 2.62 bits per heavy atom. The maximum Gasteiger partial charge on any atom is 0.129 e. The summed E-state index contributed by atoms with van der Waals surface area (Å²) in [7, 11) is 0. The number of hydrogen-bond donors (Lipinski definition) is 2. The number of likely N-dealkylation sites (N-methyl/N-ethyl adjacent to an activating group) is 1. The van der Waals surface area contributed by atoms with E-state index in [0.29, 0.717) is 25.2 Å². The molecular formula is C12H18FNO2. The largest absolute Gasteiger partial charge is 0.395 e. The zero-order valence-electron chi connectivity index (χ0n) is 9.43. The summed E-state index contributed by atoms with van der Waals surface area (Å²) in [5.74, 6) is -0.393. The Kier molecular flexibility index (Phi) is 5.38. The molecule has 0 fully saturated rings. The van der Waals surface area contributed by atoms with Crippen molar-refractivity contribution in [3.8, 4) is 0 Å². The van der Waals surface area contributed by atoms with E-state index < -0.39 is 11.9 Å². The van der Waals surface area contributed by atoms with E-state index in [9.17, 15) is 9.50 Å². The molecular weight excluding hydrogens is 209 g/mol. The van der Waals surface area contributed by atoms with E-state index in [1.54, 1.807) is 18.2 Å². The molecule has 0 saturated heterocycles. The van der Waals surface area contributed by atoms with Crippen LogP contribution < -0.4 is 0 Å². The van der Waals surface area contributed by atoms with Gasteiger partial charge in [0, 0.05) is 18.7 Å². The second-order valence-electron chi connectivity index (χ2n) is 3.65. The second kappa shape index (κ2) is 6.58. The molecule has 90 valence electrons. The zero-order chi connectivity index (χ0) is 12.0. The summed E-state index contributed by atoms with van der Waals surface area (Å²) in [4.78, 5) is 1.87. The fourth-order valence-electron chi connectivity index (χ4n) is 1.61. The molecule has 3 nitrogen and oxygen atoms in total. The van der Waals surface area contributed by atoms with Gasteiger partial charge < -0.3 is 10.2 Å². The molecule has 0 radical (unpaired) electrons. The van der Waals surface area contributed by atoms with Crippen molar-refractivity contribution in [3.63, 3.8) is 0 Å². The van der Waals surface area contributed by atoms with E-state index in [0.717, 1.165) is 0 Å². The quantitative estimate of drug-likeness (QED) is 0.766. The lowest BCUT2D eigenvalue weighted by molar-refractivity contribution is 0.101. The van der Waals surface area contributed by atoms with Gasteiger partial charge in [0.2, 0.25) is 0 Å². The first kappa shape index (κ1) is 13.1. The highest BCUT2D eigenvalue weighted by atomic mass is 19.1. The van der Waals surface area contributed by atoms with Crippen LogP contribution in [0.4, 0.5) is 4.39 Å². The third-order valence-corrected chi connectivity index (χ3v) is 2.56. The monoisotopic (exact) mass is 227 g/mol. The first-order valence-electron chi connectivity index (χ1n) is 5.44. The van der Waals surface area contributed by atoms with Crippen molar-refractivity contribution in [2.24, 2.45) is 0 Å². The molecule has 0 heterocycles. The Bertz CT molecular complexity index is 320. The summed E-state index contributed by atoms with van der Waals surface area (Å²) in [5, 5.41) is 18.7. The summed E-state index contributed by atoms with van der Waals surface area (Å²) in [5.41, 5.74) is 0.305. The molecule has 1 rings (SSSR count). The van der Waals surface area contributed by atoms with Crippen molar-refractivity contribution in [2.45, 2.75) is 13.0 Å². The third kappa shape index (κ3) is 3.56. The molecule has 16 heavy (non-hydrogen) atoms. The van der Waals surface area contributed by atoms with E-state index in [-0.39, 0.29) is 6.61 Å². The number of nitrogens with zero attached hydrogens (tertiary/aromatic N) is 1. The lowest BCUT2D eigenvalue weighted by atomic mass is 10.1. The van der Waals surface area contributed by atoms with Gasteiger partial charge in [-0.05, 0) is 12.6 Å². The molecule has 1 unspecified atom stereocenters. The van der Waals surface area contributed by atoms with Gasteiger partial charge >= 0.3 is 0 Å². The van der Waals surface area contributed by atoms with E-state index in [1.807, 2.05) is 11.8 Å². The van der Waals surface area contributed by atoms with Gasteiger partial charge in [0.1, 0.15) is 5.82 Å². The Morgan fingerprint density at radius 2 is 2.06 bits per heavy atom. The highest BCUT2D eigenvalue weighted by Crippen LogP contribution is 2.17. The van der Waals surface area contributed by atoms with Crippen molar-refractivity contribution in [2.75, 3.05) is 26.2 Å². The molecule has 0 amide bonds. The number of halogens is 1. The molecule has 0 saturated carbocycles. The average molecular weight is 227 g/mol. The highest BCUT2D eigenvalue weighted by Gasteiger charge is 2.15. The van der Waals surface area contributed by atoms with Crippen LogP contribution in [-0.2, 0) is 0 Å². The summed E-state index contributed by atoms with van der Waals surface area (Å²) in [6.07, 6.45) is -0.854. The number of rotatable bonds is 6. The summed E-state index contributed by atoms with van der Waals surface area (Å²) >= 11 is 0. The average Bonchev–Trinajstić information content (AvgIpc) is 2.28. The first-order valence-corrected chi connectivity index (χ1v) is 5.44. The van der Waals surface area contributed by atoms with Crippen LogP contribution in [-0.4, -0.2) is 41.4 Å². The van der Waals surface area contributed by atoms with Crippen LogP contribution in [0.5, 0.6) is 0 Å². The van der Waals surface area contributed by atoms with Crippen LogP contribution in [0.25, 0.3) is 0 Å². The van der Waals surface area contributed by atoms with E-state index in [2.05, 4.69) is 0 Å². The van der Waals surface area contributed by atoms with Crippen LogP contribution in [0.3, 0.4) is 0 Å². The molecule has 0 aliphatic heterocycles. The van der Waals surface area contributed by atoms with Crippen LogP contribution in [0.15, 0.2) is 24.3 Å². The molecule has 2 N–H and O–H groups in total. The Labute approximate surface area is 95.1 Å². The summed E-state index contributed by atoms with van der Waals surface area (Å²) < 4.78 is 13.4.